The Labute approximate surface area is 133 Å². The minimum Gasteiger partial charge on any atom is -0.309 e. The van der Waals surface area contributed by atoms with Gasteiger partial charge in [-0.15, -0.1) is 0 Å². The molecule has 0 aliphatic heterocycles. The Hall–Kier alpha value is -1.19. The van der Waals surface area contributed by atoms with Crippen LogP contribution in [0.4, 0.5) is 4.39 Å². The van der Waals surface area contributed by atoms with Crippen LogP contribution in [0.25, 0.3) is 0 Å². The molecule has 0 radical (unpaired) electrons. The van der Waals surface area contributed by atoms with E-state index in [1.165, 1.54) is 24.8 Å². The summed E-state index contributed by atoms with van der Waals surface area (Å²) in [6.07, 6.45) is 3.88. The lowest BCUT2D eigenvalue weighted by molar-refractivity contribution is 0.419. The lowest BCUT2D eigenvalue weighted by atomic mass is 9.79. The standard InChI is InChI=1S/C18H19BrFN/c1-21-18(15-9-4-10-16(19)17(15)20)14-8-3-7-13(11-14)12-5-2-6-12/h3-4,7-12,18,21H,2,5-6H2,1H3. The first-order chi connectivity index (χ1) is 10.2. The van der Waals surface area contributed by atoms with Crippen LogP contribution in [-0.2, 0) is 0 Å². The Morgan fingerprint density at radius 2 is 1.95 bits per heavy atom. The van der Waals surface area contributed by atoms with E-state index in [1.807, 2.05) is 19.2 Å². The molecule has 3 heteroatoms. The molecule has 0 aromatic heterocycles. The second-order valence-electron chi connectivity index (χ2n) is 5.66. The SMILES string of the molecule is CNC(c1cccc(C2CCC2)c1)c1cccc(Br)c1F. The minimum atomic E-state index is -0.189. The quantitative estimate of drug-likeness (QED) is 0.804. The zero-order valence-electron chi connectivity index (χ0n) is 12.1. The molecule has 0 amide bonds. The third-order valence-electron chi connectivity index (χ3n) is 4.40. The van der Waals surface area contributed by atoms with Gasteiger partial charge in [-0.1, -0.05) is 42.8 Å². The fraction of sp³-hybridized carbons (Fsp3) is 0.333. The summed E-state index contributed by atoms with van der Waals surface area (Å²) in [4.78, 5) is 0. The molecule has 110 valence electrons. The van der Waals surface area contributed by atoms with Crippen molar-refractivity contribution in [1.29, 1.82) is 0 Å². The van der Waals surface area contributed by atoms with Gasteiger partial charge in [0.15, 0.2) is 0 Å². The summed E-state index contributed by atoms with van der Waals surface area (Å²) in [7, 11) is 1.88. The van der Waals surface area contributed by atoms with Crippen molar-refractivity contribution in [2.45, 2.75) is 31.2 Å². The van der Waals surface area contributed by atoms with Gasteiger partial charge in [-0.3, -0.25) is 0 Å². The summed E-state index contributed by atoms with van der Waals surface area (Å²) >= 11 is 3.27. The Bertz CT molecular complexity index is 637. The van der Waals surface area contributed by atoms with Crippen LogP contribution in [-0.4, -0.2) is 7.05 Å². The van der Waals surface area contributed by atoms with Gasteiger partial charge < -0.3 is 5.32 Å². The van der Waals surface area contributed by atoms with E-state index in [1.54, 1.807) is 6.07 Å². The highest BCUT2D eigenvalue weighted by Gasteiger charge is 2.22. The fourth-order valence-corrected chi connectivity index (χ4v) is 3.36. The third-order valence-corrected chi connectivity index (χ3v) is 5.01. The Morgan fingerprint density at radius 1 is 1.19 bits per heavy atom. The van der Waals surface area contributed by atoms with E-state index in [4.69, 9.17) is 0 Å². The van der Waals surface area contributed by atoms with Gasteiger partial charge in [0.25, 0.3) is 0 Å². The molecule has 1 aliphatic rings. The van der Waals surface area contributed by atoms with Crippen LogP contribution in [0, 0.1) is 5.82 Å². The molecule has 3 rings (SSSR count). The van der Waals surface area contributed by atoms with Crippen molar-refractivity contribution in [3.63, 3.8) is 0 Å². The molecule has 1 atom stereocenters. The predicted molar refractivity (Wildman–Crippen MR) is 88.0 cm³/mol. The van der Waals surface area contributed by atoms with Crippen molar-refractivity contribution in [2.24, 2.45) is 0 Å². The Balaban J connectivity index is 1.97. The fourth-order valence-electron chi connectivity index (χ4n) is 2.98. The first kappa shape index (κ1) is 14.7. The first-order valence-corrected chi connectivity index (χ1v) is 8.21. The lowest BCUT2D eigenvalue weighted by Gasteiger charge is -2.27. The zero-order chi connectivity index (χ0) is 14.8. The van der Waals surface area contributed by atoms with Crippen molar-refractivity contribution in [2.75, 3.05) is 7.05 Å². The summed E-state index contributed by atoms with van der Waals surface area (Å²) in [5.74, 6) is 0.501. The predicted octanol–water partition coefficient (Wildman–Crippen LogP) is 5.16. The number of halogens is 2. The van der Waals surface area contributed by atoms with Crippen LogP contribution in [0.5, 0.6) is 0 Å². The van der Waals surface area contributed by atoms with Gasteiger partial charge in [-0.2, -0.15) is 0 Å². The van der Waals surface area contributed by atoms with Crippen molar-refractivity contribution >= 4 is 15.9 Å². The normalized spacial score (nSPS) is 16.5. The van der Waals surface area contributed by atoms with Gasteiger partial charge >= 0.3 is 0 Å². The van der Waals surface area contributed by atoms with Crippen LogP contribution in [0.1, 0.15) is 47.9 Å². The number of rotatable bonds is 4. The van der Waals surface area contributed by atoms with Crippen molar-refractivity contribution < 1.29 is 4.39 Å². The van der Waals surface area contributed by atoms with E-state index < -0.39 is 0 Å². The smallest absolute Gasteiger partial charge is 0.142 e. The first-order valence-electron chi connectivity index (χ1n) is 7.41. The zero-order valence-corrected chi connectivity index (χ0v) is 13.7. The molecule has 1 aliphatic carbocycles. The van der Waals surface area contributed by atoms with Gasteiger partial charge in [-0.05, 0) is 58.9 Å². The Kier molecular flexibility index (Phi) is 4.41. The van der Waals surface area contributed by atoms with Gasteiger partial charge in [0.05, 0.1) is 10.5 Å². The number of hydrogen-bond acceptors (Lipinski definition) is 1. The van der Waals surface area contributed by atoms with E-state index in [2.05, 4.69) is 45.5 Å². The van der Waals surface area contributed by atoms with Crippen LogP contribution in [0.3, 0.4) is 0 Å². The maximum atomic E-state index is 14.4. The molecule has 1 N–H and O–H groups in total. The molecule has 2 aromatic carbocycles. The van der Waals surface area contributed by atoms with Crippen molar-refractivity contribution in [3.05, 3.63) is 69.4 Å². The summed E-state index contributed by atoms with van der Waals surface area (Å²) < 4.78 is 14.9. The Morgan fingerprint density at radius 3 is 2.62 bits per heavy atom. The van der Waals surface area contributed by atoms with E-state index in [0.29, 0.717) is 16.0 Å². The molecule has 1 unspecified atom stereocenters. The van der Waals surface area contributed by atoms with Gasteiger partial charge in [0.1, 0.15) is 5.82 Å². The average molecular weight is 348 g/mol. The molecule has 2 aromatic rings. The highest BCUT2D eigenvalue weighted by Crippen LogP contribution is 2.37. The van der Waals surface area contributed by atoms with Gasteiger partial charge in [0.2, 0.25) is 0 Å². The van der Waals surface area contributed by atoms with E-state index in [9.17, 15) is 4.39 Å². The maximum absolute atomic E-state index is 14.4. The molecule has 0 saturated heterocycles. The van der Waals surface area contributed by atoms with Crippen molar-refractivity contribution in [3.8, 4) is 0 Å². The molecule has 1 nitrogen and oxygen atoms in total. The summed E-state index contributed by atoms with van der Waals surface area (Å²) in [6.45, 7) is 0. The molecular formula is C18H19BrFN. The molecular weight excluding hydrogens is 329 g/mol. The van der Waals surface area contributed by atoms with Crippen molar-refractivity contribution in [1.82, 2.24) is 5.32 Å². The monoisotopic (exact) mass is 347 g/mol. The molecule has 0 spiro atoms. The third kappa shape index (κ3) is 2.90. The van der Waals surface area contributed by atoms with Crippen LogP contribution in [0.2, 0.25) is 0 Å². The highest BCUT2D eigenvalue weighted by molar-refractivity contribution is 9.10. The van der Waals surface area contributed by atoms with Crippen LogP contribution in [0.15, 0.2) is 46.9 Å². The number of nitrogens with one attached hydrogen (secondary N) is 1. The van der Waals surface area contributed by atoms with E-state index >= 15 is 0 Å². The molecule has 1 fully saturated rings. The van der Waals surface area contributed by atoms with E-state index in [0.717, 1.165) is 5.56 Å². The molecule has 21 heavy (non-hydrogen) atoms. The minimum absolute atomic E-state index is 0.123. The average Bonchev–Trinajstić information content (AvgIpc) is 2.43. The maximum Gasteiger partial charge on any atom is 0.142 e. The number of benzene rings is 2. The molecule has 0 bridgehead atoms. The van der Waals surface area contributed by atoms with E-state index in [-0.39, 0.29) is 11.9 Å². The highest BCUT2D eigenvalue weighted by atomic mass is 79.9. The summed E-state index contributed by atoms with van der Waals surface area (Å²) in [5, 5.41) is 3.24. The molecule has 1 saturated carbocycles. The second kappa shape index (κ2) is 6.29. The van der Waals surface area contributed by atoms with Gasteiger partial charge in [-0.25, -0.2) is 4.39 Å². The summed E-state index contributed by atoms with van der Waals surface area (Å²) in [6, 6.07) is 13.9. The topological polar surface area (TPSA) is 12.0 Å². The van der Waals surface area contributed by atoms with Crippen LogP contribution < -0.4 is 5.32 Å². The summed E-state index contributed by atoms with van der Waals surface area (Å²) in [5.41, 5.74) is 3.19. The number of hydrogen-bond donors (Lipinski definition) is 1. The molecule has 0 heterocycles. The van der Waals surface area contributed by atoms with Crippen LogP contribution >= 0.6 is 15.9 Å². The van der Waals surface area contributed by atoms with Gasteiger partial charge in [0, 0.05) is 5.56 Å². The lowest BCUT2D eigenvalue weighted by Crippen LogP contribution is -2.20. The second-order valence-corrected chi connectivity index (χ2v) is 6.52. The largest absolute Gasteiger partial charge is 0.309 e.